The van der Waals surface area contributed by atoms with Crippen molar-refractivity contribution >= 4 is 11.6 Å². The molecule has 0 aromatic heterocycles. The smallest absolute Gasteiger partial charge is 0.432 e. The molecule has 27 heavy (non-hydrogen) atoms. The van der Waals surface area contributed by atoms with E-state index < -0.39 is 35.4 Å². The van der Waals surface area contributed by atoms with E-state index in [-0.39, 0.29) is 23.9 Å². The number of nitrogens with two attached hydrogens (primary N) is 1. The van der Waals surface area contributed by atoms with Gasteiger partial charge in [0.15, 0.2) is 0 Å². The van der Waals surface area contributed by atoms with Crippen molar-refractivity contribution in [3.05, 3.63) is 41.4 Å². The standard InChI is InChI=1S/C17H19F4N3O3/c18-13-7-12(25)2-1-10(13)9-24(11-3-5-27-6-4-11)16(26)14(22)8-15(23)17(19,20)21/h1-2,7-8,11,23,25H,3-6,9,22H2/b14-8-,23-15?. The summed E-state index contributed by atoms with van der Waals surface area (Å²) in [4.78, 5) is 13.8. The molecule has 1 amide bonds. The van der Waals surface area contributed by atoms with Crippen molar-refractivity contribution in [2.75, 3.05) is 13.2 Å². The quantitative estimate of drug-likeness (QED) is 0.409. The van der Waals surface area contributed by atoms with Gasteiger partial charge >= 0.3 is 6.18 Å². The zero-order chi connectivity index (χ0) is 20.2. The van der Waals surface area contributed by atoms with Crippen LogP contribution >= 0.6 is 0 Å². The summed E-state index contributed by atoms with van der Waals surface area (Å²) in [5.74, 6) is -1.98. The predicted molar refractivity (Wildman–Crippen MR) is 88.5 cm³/mol. The first-order valence-corrected chi connectivity index (χ1v) is 8.08. The largest absolute Gasteiger partial charge is 0.508 e. The maximum Gasteiger partial charge on any atom is 0.432 e. The first-order chi connectivity index (χ1) is 12.6. The number of nitrogens with one attached hydrogen (secondary N) is 1. The number of nitrogens with zero attached hydrogens (tertiary/aromatic N) is 1. The summed E-state index contributed by atoms with van der Waals surface area (Å²) in [6.07, 6.45) is -3.86. The van der Waals surface area contributed by atoms with E-state index in [4.69, 9.17) is 15.9 Å². The molecule has 1 aliphatic heterocycles. The maximum absolute atomic E-state index is 14.1. The highest BCUT2D eigenvalue weighted by molar-refractivity contribution is 6.04. The van der Waals surface area contributed by atoms with Gasteiger partial charge in [0.05, 0.1) is 5.70 Å². The molecule has 6 nitrogen and oxygen atoms in total. The molecule has 1 aliphatic rings. The van der Waals surface area contributed by atoms with E-state index in [0.717, 1.165) is 6.07 Å². The predicted octanol–water partition coefficient (Wildman–Crippen LogP) is 2.46. The van der Waals surface area contributed by atoms with Crippen LogP contribution in [-0.2, 0) is 16.1 Å². The highest BCUT2D eigenvalue weighted by Gasteiger charge is 2.34. The van der Waals surface area contributed by atoms with Gasteiger partial charge in [0.25, 0.3) is 5.91 Å². The number of hydrogen-bond donors (Lipinski definition) is 3. The van der Waals surface area contributed by atoms with Crippen molar-refractivity contribution in [2.45, 2.75) is 31.6 Å². The number of hydrogen-bond acceptors (Lipinski definition) is 5. The second-order valence-corrected chi connectivity index (χ2v) is 6.06. The number of alkyl halides is 3. The minimum absolute atomic E-state index is 0.0753. The lowest BCUT2D eigenvalue weighted by atomic mass is 10.0. The van der Waals surface area contributed by atoms with Crippen molar-refractivity contribution < 1.29 is 32.2 Å². The minimum atomic E-state index is -4.93. The van der Waals surface area contributed by atoms with Gasteiger partial charge in [0.2, 0.25) is 0 Å². The monoisotopic (exact) mass is 389 g/mol. The maximum atomic E-state index is 14.1. The van der Waals surface area contributed by atoms with Gasteiger partial charge in [-0.1, -0.05) is 6.07 Å². The molecule has 1 aromatic carbocycles. The molecule has 1 heterocycles. The zero-order valence-corrected chi connectivity index (χ0v) is 14.2. The summed E-state index contributed by atoms with van der Waals surface area (Å²) in [6, 6.07) is 2.98. The van der Waals surface area contributed by atoms with Gasteiger partial charge in [0.1, 0.15) is 17.3 Å². The third-order valence-corrected chi connectivity index (χ3v) is 4.12. The number of aromatic hydroxyl groups is 1. The molecule has 0 saturated carbocycles. The number of halogens is 4. The van der Waals surface area contributed by atoms with E-state index in [1.807, 2.05) is 0 Å². The molecule has 0 atom stereocenters. The Labute approximate surface area is 152 Å². The van der Waals surface area contributed by atoms with Crippen LogP contribution in [0, 0.1) is 11.2 Å². The van der Waals surface area contributed by atoms with E-state index in [2.05, 4.69) is 0 Å². The van der Waals surface area contributed by atoms with Crippen LogP contribution in [0.5, 0.6) is 5.75 Å². The average Bonchev–Trinajstić information content (AvgIpc) is 2.60. The van der Waals surface area contributed by atoms with Crippen molar-refractivity contribution in [2.24, 2.45) is 5.73 Å². The molecule has 0 unspecified atom stereocenters. The average molecular weight is 389 g/mol. The number of rotatable bonds is 5. The molecule has 1 fully saturated rings. The number of benzene rings is 1. The number of carbonyl (C=O) groups excluding carboxylic acids is 1. The Hall–Kier alpha value is -2.62. The van der Waals surface area contributed by atoms with E-state index in [1.165, 1.54) is 17.0 Å². The number of allylic oxidation sites excluding steroid dienone is 1. The fourth-order valence-electron chi connectivity index (χ4n) is 2.68. The number of ether oxygens (including phenoxy) is 1. The molecule has 0 bridgehead atoms. The van der Waals surface area contributed by atoms with Gasteiger partial charge in [-0.05, 0) is 25.0 Å². The molecule has 1 saturated heterocycles. The second kappa shape index (κ2) is 8.38. The Bertz CT molecular complexity index is 743. The van der Waals surface area contributed by atoms with E-state index in [9.17, 15) is 27.5 Å². The lowest BCUT2D eigenvalue weighted by Crippen LogP contribution is -2.45. The van der Waals surface area contributed by atoms with Gasteiger partial charge in [-0.2, -0.15) is 13.2 Å². The van der Waals surface area contributed by atoms with Gasteiger partial charge in [-0.25, -0.2) is 4.39 Å². The highest BCUT2D eigenvalue weighted by Crippen LogP contribution is 2.23. The van der Waals surface area contributed by atoms with E-state index in [1.54, 1.807) is 0 Å². The molecule has 2 rings (SSSR count). The van der Waals surface area contributed by atoms with Crippen LogP contribution in [0.2, 0.25) is 0 Å². The van der Waals surface area contributed by atoms with Crippen molar-refractivity contribution in [1.29, 1.82) is 5.41 Å². The van der Waals surface area contributed by atoms with E-state index >= 15 is 0 Å². The van der Waals surface area contributed by atoms with Crippen LogP contribution < -0.4 is 5.73 Å². The Balaban J connectivity index is 2.29. The lowest BCUT2D eigenvalue weighted by molar-refractivity contribution is -0.132. The third-order valence-electron chi connectivity index (χ3n) is 4.12. The van der Waals surface area contributed by atoms with Gasteiger partial charge in [-0.3, -0.25) is 10.2 Å². The number of phenolic OH excluding ortho intramolecular Hbond substituents is 1. The summed E-state index contributed by atoms with van der Waals surface area (Å²) >= 11 is 0. The van der Waals surface area contributed by atoms with Crippen LogP contribution in [-0.4, -0.2) is 47.1 Å². The van der Waals surface area contributed by atoms with Crippen LogP contribution in [0.25, 0.3) is 0 Å². The molecule has 0 aliphatic carbocycles. The Morgan fingerprint density at radius 3 is 2.56 bits per heavy atom. The molecule has 0 spiro atoms. The zero-order valence-electron chi connectivity index (χ0n) is 14.2. The van der Waals surface area contributed by atoms with Crippen molar-refractivity contribution in [1.82, 2.24) is 4.90 Å². The topological polar surface area (TPSA) is 99.6 Å². The Kier molecular flexibility index (Phi) is 6.42. The molecular formula is C17H19F4N3O3. The van der Waals surface area contributed by atoms with E-state index in [0.29, 0.717) is 26.1 Å². The lowest BCUT2D eigenvalue weighted by Gasteiger charge is -2.34. The normalized spacial score (nSPS) is 16.2. The fraction of sp³-hybridized carbons (Fsp3) is 0.412. The molecule has 1 aromatic rings. The van der Waals surface area contributed by atoms with Gasteiger partial charge in [-0.15, -0.1) is 0 Å². The summed E-state index contributed by atoms with van der Waals surface area (Å²) in [5.41, 5.74) is 3.06. The van der Waals surface area contributed by atoms with Gasteiger partial charge < -0.3 is 20.5 Å². The first kappa shape index (κ1) is 20.7. The van der Waals surface area contributed by atoms with Gasteiger partial charge in [0, 0.05) is 37.4 Å². The van der Waals surface area contributed by atoms with Crippen molar-refractivity contribution in [3.8, 4) is 5.75 Å². The van der Waals surface area contributed by atoms with Crippen LogP contribution in [0.15, 0.2) is 30.0 Å². The number of amides is 1. The molecule has 0 radical (unpaired) electrons. The minimum Gasteiger partial charge on any atom is -0.508 e. The first-order valence-electron chi connectivity index (χ1n) is 8.08. The van der Waals surface area contributed by atoms with Crippen LogP contribution in [0.3, 0.4) is 0 Å². The number of phenols is 1. The Morgan fingerprint density at radius 2 is 2.00 bits per heavy atom. The second-order valence-electron chi connectivity index (χ2n) is 6.06. The SMILES string of the molecule is N=C(/C=C(\N)C(=O)N(Cc1ccc(O)cc1F)C1CCOCC1)C(F)(F)F. The van der Waals surface area contributed by atoms with Crippen LogP contribution in [0.4, 0.5) is 17.6 Å². The summed E-state index contributed by atoms with van der Waals surface area (Å²) in [6.45, 7) is 0.437. The highest BCUT2D eigenvalue weighted by atomic mass is 19.4. The molecular weight excluding hydrogens is 370 g/mol. The number of carbonyl (C=O) groups is 1. The van der Waals surface area contributed by atoms with Crippen LogP contribution in [0.1, 0.15) is 18.4 Å². The summed E-state index contributed by atoms with van der Waals surface area (Å²) in [5, 5.41) is 16.3. The fourth-order valence-corrected chi connectivity index (χ4v) is 2.68. The molecule has 10 heteroatoms. The molecule has 148 valence electrons. The third kappa shape index (κ3) is 5.43. The summed E-state index contributed by atoms with van der Waals surface area (Å²) < 4.78 is 56.9. The summed E-state index contributed by atoms with van der Waals surface area (Å²) in [7, 11) is 0. The van der Waals surface area contributed by atoms with Crippen molar-refractivity contribution in [3.63, 3.8) is 0 Å². The Morgan fingerprint density at radius 1 is 1.37 bits per heavy atom. The molecule has 4 N–H and O–H groups in total.